The van der Waals surface area contributed by atoms with Crippen LogP contribution in [-0.4, -0.2) is 32.2 Å². The number of halogens is 1. The Bertz CT molecular complexity index is 780. The molecular formula is C21H25ClN2O3. The minimum Gasteiger partial charge on any atom is -0.545 e. The summed E-state index contributed by atoms with van der Waals surface area (Å²) in [5.41, 5.74) is 4.66. The zero-order valence-corrected chi connectivity index (χ0v) is 16.6. The van der Waals surface area contributed by atoms with Gasteiger partial charge in [-0.1, -0.05) is 41.6 Å². The van der Waals surface area contributed by atoms with Gasteiger partial charge in [-0.2, -0.15) is 0 Å². The zero-order chi connectivity index (χ0) is 20.2. The summed E-state index contributed by atoms with van der Waals surface area (Å²) in [4.78, 5) is 13.0. The first-order valence-electron chi connectivity index (χ1n) is 8.50. The normalized spacial score (nSPS) is 9.56. The largest absolute Gasteiger partial charge is 0.545 e. The monoisotopic (exact) mass is 388 g/mol. The minimum absolute atomic E-state index is 0.0439. The maximum atomic E-state index is 11.0. The van der Waals surface area contributed by atoms with E-state index in [0.717, 1.165) is 5.69 Å². The Balaban J connectivity index is 0.000000828. The van der Waals surface area contributed by atoms with Gasteiger partial charge in [0.25, 0.3) is 0 Å². The van der Waals surface area contributed by atoms with Crippen LogP contribution in [0.3, 0.4) is 0 Å². The van der Waals surface area contributed by atoms with Crippen molar-refractivity contribution in [3.05, 3.63) is 59.1 Å². The number of carboxylic acids is 1. The summed E-state index contributed by atoms with van der Waals surface area (Å²) in [5, 5.41) is 11.4. The fourth-order valence-corrected chi connectivity index (χ4v) is 2.06. The Morgan fingerprint density at radius 3 is 2.44 bits per heavy atom. The van der Waals surface area contributed by atoms with E-state index in [9.17, 15) is 9.90 Å². The van der Waals surface area contributed by atoms with E-state index in [4.69, 9.17) is 16.3 Å². The summed E-state index contributed by atoms with van der Waals surface area (Å²) in [6.45, 7) is 4.72. The lowest BCUT2D eigenvalue weighted by atomic mass is 10.2. The zero-order valence-electron chi connectivity index (χ0n) is 15.9. The van der Waals surface area contributed by atoms with Gasteiger partial charge >= 0.3 is 0 Å². The fourth-order valence-electron chi connectivity index (χ4n) is 1.90. The summed E-state index contributed by atoms with van der Waals surface area (Å²) in [6.07, 6.45) is 0. The number of anilines is 1. The van der Waals surface area contributed by atoms with Crippen LogP contribution in [0, 0.1) is 11.8 Å². The van der Waals surface area contributed by atoms with E-state index in [1.807, 2.05) is 42.3 Å². The highest BCUT2D eigenvalue weighted by molar-refractivity contribution is 6.30. The maximum absolute atomic E-state index is 11.0. The highest BCUT2D eigenvalue weighted by Gasteiger charge is 2.05. The molecule has 144 valence electrons. The van der Waals surface area contributed by atoms with Crippen LogP contribution in [0.5, 0.6) is 5.75 Å². The van der Waals surface area contributed by atoms with Crippen LogP contribution >= 0.6 is 11.6 Å². The summed E-state index contributed by atoms with van der Waals surface area (Å²) >= 11 is 5.83. The predicted octanol–water partition coefficient (Wildman–Crippen LogP) is 1.86. The molecule has 0 atom stereocenters. The molecule has 0 aliphatic heterocycles. The SMILES string of the molecule is CC(C)[NH3+].CN(CC#CCOc1cc(Cl)ccc1C(=O)[O-])c1ccccc1. The third-order valence-corrected chi connectivity index (χ3v) is 3.34. The highest BCUT2D eigenvalue weighted by Crippen LogP contribution is 2.22. The number of hydrogen-bond acceptors (Lipinski definition) is 4. The maximum Gasteiger partial charge on any atom is 0.149 e. The molecule has 2 aromatic carbocycles. The molecule has 6 heteroatoms. The molecular weight excluding hydrogens is 364 g/mol. The number of carbonyl (C=O) groups is 1. The Morgan fingerprint density at radius 2 is 1.85 bits per heavy atom. The molecule has 0 heterocycles. The van der Waals surface area contributed by atoms with Crippen molar-refractivity contribution in [2.24, 2.45) is 0 Å². The van der Waals surface area contributed by atoms with Gasteiger partial charge in [0.15, 0.2) is 0 Å². The van der Waals surface area contributed by atoms with Crippen LogP contribution in [0.2, 0.25) is 5.02 Å². The quantitative estimate of drug-likeness (QED) is 0.793. The molecule has 0 aromatic heterocycles. The first kappa shape index (κ1) is 22.4. The van der Waals surface area contributed by atoms with Crippen LogP contribution in [0.1, 0.15) is 24.2 Å². The van der Waals surface area contributed by atoms with Gasteiger partial charge in [0.1, 0.15) is 12.4 Å². The summed E-state index contributed by atoms with van der Waals surface area (Å²) < 4.78 is 5.37. The number of aromatic carboxylic acids is 1. The van der Waals surface area contributed by atoms with E-state index >= 15 is 0 Å². The van der Waals surface area contributed by atoms with Crippen molar-refractivity contribution in [2.45, 2.75) is 19.9 Å². The summed E-state index contributed by atoms with van der Waals surface area (Å²) in [5.74, 6) is 4.67. The Hall–Kier alpha value is -2.68. The average molecular weight is 389 g/mol. The van der Waals surface area contributed by atoms with Crippen molar-refractivity contribution in [3.8, 4) is 17.6 Å². The second-order valence-electron chi connectivity index (χ2n) is 6.16. The van der Waals surface area contributed by atoms with Crippen LogP contribution in [0.25, 0.3) is 0 Å². The molecule has 0 spiro atoms. The van der Waals surface area contributed by atoms with Crippen molar-refractivity contribution >= 4 is 23.3 Å². The van der Waals surface area contributed by atoms with Crippen LogP contribution in [0.15, 0.2) is 48.5 Å². The number of para-hydroxylation sites is 1. The lowest BCUT2D eigenvalue weighted by Gasteiger charge is -2.15. The molecule has 0 saturated heterocycles. The number of carbonyl (C=O) groups excluding carboxylic acids is 1. The molecule has 0 saturated carbocycles. The molecule has 0 amide bonds. The lowest BCUT2D eigenvalue weighted by Crippen LogP contribution is -2.57. The number of rotatable bonds is 5. The van der Waals surface area contributed by atoms with Gasteiger partial charge in [-0.05, 0) is 44.2 Å². The predicted molar refractivity (Wildman–Crippen MR) is 107 cm³/mol. The number of quaternary nitrogens is 1. The highest BCUT2D eigenvalue weighted by atomic mass is 35.5. The molecule has 0 unspecified atom stereocenters. The third-order valence-electron chi connectivity index (χ3n) is 3.10. The van der Waals surface area contributed by atoms with Crippen LogP contribution < -0.4 is 20.5 Å². The van der Waals surface area contributed by atoms with E-state index < -0.39 is 5.97 Å². The fraction of sp³-hybridized carbons (Fsp3) is 0.286. The van der Waals surface area contributed by atoms with E-state index in [1.165, 1.54) is 18.2 Å². The first-order valence-corrected chi connectivity index (χ1v) is 8.87. The van der Waals surface area contributed by atoms with Gasteiger partial charge in [-0.3, -0.25) is 0 Å². The van der Waals surface area contributed by atoms with E-state index in [1.54, 1.807) is 0 Å². The molecule has 3 N–H and O–H groups in total. The van der Waals surface area contributed by atoms with Gasteiger partial charge < -0.3 is 25.3 Å². The van der Waals surface area contributed by atoms with Crippen molar-refractivity contribution in [1.82, 2.24) is 0 Å². The van der Waals surface area contributed by atoms with Gasteiger partial charge in [-0.15, -0.1) is 0 Å². The molecule has 0 aliphatic carbocycles. The summed E-state index contributed by atoms with van der Waals surface area (Å²) in [7, 11) is 1.94. The molecule has 0 radical (unpaired) electrons. The van der Waals surface area contributed by atoms with Crippen molar-refractivity contribution in [3.63, 3.8) is 0 Å². The van der Waals surface area contributed by atoms with Gasteiger partial charge in [0.2, 0.25) is 0 Å². The number of carboxylic acid groups (broad SMARTS) is 1. The Kier molecular flexibility index (Phi) is 9.81. The number of hydrogen-bond donors (Lipinski definition) is 1. The Morgan fingerprint density at radius 1 is 1.22 bits per heavy atom. The molecule has 0 bridgehead atoms. The average Bonchev–Trinajstić information content (AvgIpc) is 2.61. The second-order valence-corrected chi connectivity index (χ2v) is 6.59. The molecule has 2 aromatic rings. The van der Waals surface area contributed by atoms with E-state index in [0.29, 0.717) is 17.6 Å². The second kappa shape index (κ2) is 11.8. The topological polar surface area (TPSA) is 80.2 Å². The van der Waals surface area contributed by atoms with Crippen molar-refractivity contribution in [1.29, 1.82) is 0 Å². The number of benzene rings is 2. The van der Waals surface area contributed by atoms with E-state index in [2.05, 4.69) is 31.4 Å². The summed E-state index contributed by atoms with van der Waals surface area (Å²) in [6, 6.07) is 14.7. The molecule has 0 aliphatic rings. The number of ether oxygens (including phenoxy) is 1. The molecule has 5 nitrogen and oxygen atoms in total. The first-order chi connectivity index (χ1) is 12.8. The smallest absolute Gasteiger partial charge is 0.149 e. The van der Waals surface area contributed by atoms with Crippen molar-refractivity contribution < 1.29 is 20.4 Å². The van der Waals surface area contributed by atoms with Crippen molar-refractivity contribution in [2.75, 3.05) is 25.1 Å². The van der Waals surface area contributed by atoms with Crippen LogP contribution in [0.4, 0.5) is 5.69 Å². The minimum atomic E-state index is -1.31. The van der Waals surface area contributed by atoms with Crippen LogP contribution in [-0.2, 0) is 0 Å². The van der Waals surface area contributed by atoms with Gasteiger partial charge in [0.05, 0.1) is 18.6 Å². The van der Waals surface area contributed by atoms with Gasteiger partial charge in [0, 0.05) is 23.3 Å². The number of nitrogens with zero attached hydrogens (tertiary/aromatic N) is 1. The van der Waals surface area contributed by atoms with E-state index in [-0.39, 0.29) is 17.9 Å². The third kappa shape index (κ3) is 9.00. The lowest BCUT2D eigenvalue weighted by molar-refractivity contribution is -0.407. The molecule has 0 fully saturated rings. The molecule has 27 heavy (non-hydrogen) atoms. The van der Waals surface area contributed by atoms with Gasteiger partial charge in [-0.25, -0.2) is 0 Å². The Labute approximate surface area is 165 Å². The molecule has 2 rings (SSSR count). The standard InChI is InChI=1S/C18H16ClNO3.C3H9N/c1-20(15-7-3-2-4-8-15)11-5-6-12-23-17-13-14(19)9-10-16(17)18(21)22;1-3(2)4/h2-4,7-10,13H,11-12H2,1H3,(H,21,22);3H,4H2,1-2H3.